The minimum atomic E-state index is 0.190. The molecule has 0 amide bonds. The lowest BCUT2D eigenvalue weighted by Gasteiger charge is -2.18. The molecule has 0 bridgehead atoms. The Morgan fingerprint density at radius 3 is 2.85 bits per heavy atom. The zero-order chi connectivity index (χ0) is 9.26. The molecule has 0 radical (unpaired) electrons. The van der Waals surface area contributed by atoms with Crippen LogP contribution in [0.3, 0.4) is 0 Å². The first-order valence-corrected chi connectivity index (χ1v) is 5.26. The van der Waals surface area contributed by atoms with Crippen molar-refractivity contribution in [3.63, 3.8) is 0 Å². The average molecular weight is 199 g/mol. The first kappa shape index (κ1) is 8.90. The molecular weight excluding hydrogens is 186 g/mol. The molecule has 72 valence electrons. The Bertz CT molecular complexity index is 285. The van der Waals surface area contributed by atoms with Crippen LogP contribution >= 0.6 is 11.5 Å². The van der Waals surface area contributed by atoms with E-state index in [2.05, 4.69) is 14.3 Å². The zero-order valence-corrected chi connectivity index (χ0v) is 8.42. The molecule has 1 heterocycles. The van der Waals surface area contributed by atoms with Gasteiger partial charge in [0, 0.05) is 24.1 Å². The predicted octanol–water partition coefficient (Wildman–Crippen LogP) is 0.808. The summed E-state index contributed by atoms with van der Waals surface area (Å²) in [6.07, 6.45) is 2.44. The second-order valence-corrected chi connectivity index (χ2v) is 4.00. The molecular formula is C8H13N3OS. The van der Waals surface area contributed by atoms with Gasteiger partial charge in [0.2, 0.25) is 5.13 Å². The minimum absolute atomic E-state index is 0.190. The van der Waals surface area contributed by atoms with Gasteiger partial charge in [-0.25, -0.2) is 4.98 Å². The molecule has 1 saturated carbocycles. The van der Waals surface area contributed by atoms with Crippen molar-refractivity contribution in [2.75, 3.05) is 18.1 Å². The highest BCUT2D eigenvalue weighted by Crippen LogP contribution is 2.31. The van der Waals surface area contributed by atoms with Gasteiger partial charge in [-0.3, -0.25) is 0 Å². The molecule has 0 aromatic carbocycles. The normalized spacial score (nSPS) is 16.2. The predicted molar refractivity (Wildman–Crippen MR) is 52.1 cm³/mol. The van der Waals surface area contributed by atoms with Crippen LogP contribution in [-0.2, 0) is 0 Å². The summed E-state index contributed by atoms with van der Waals surface area (Å²) in [7, 11) is 0. The fourth-order valence-corrected chi connectivity index (χ4v) is 2.10. The van der Waals surface area contributed by atoms with Crippen LogP contribution in [-0.4, -0.2) is 33.7 Å². The van der Waals surface area contributed by atoms with Gasteiger partial charge in [0.1, 0.15) is 5.82 Å². The van der Waals surface area contributed by atoms with Crippen LogP contribution in [0.15, 0.2) is 0 Å². The van der Waals surface area contributed by atoms with Crippen molar-refractivity contribution in [1.29, 1.82) is 0 Å². The number of aryl methyl sites for hydroxylation is 1. The van der Waals surface area contributed by atoms with E-state index in [1.165, 1.54) is 24.4 Å². The molecule has 1 aliphatic carbocycles. The molecule has 1 aromatic heterocycles. The largest absolute Gasteiger partial charge is 0.395 e. The summed E-state index contributed by atoms with van der Waals surface area (Å²) in [4.78, 5) is 6.47. The Morgan fingerprint density at radius 1 is 1.62 bits per heavy atom. The molecule has 1 fully saturated rings. The Hall–Kier alpha value is -0.680. The number of nitrogens with zero attached hydrogens (tertiary/aromatic N) is 3. The van der Waals surface area contributed by atoms with Crippen LogP contribution in [0.4, 0.5) is 5.13 Å². The third-order valence-corrected chi connectivity index (χ3v) is 2.94. The van der Waals surface area contributed by atoms with Gasteiger partial charge in [0.25, 0.3) is 0 Å². The fourth-order valence-electron chi connectivity index (χ4n) is 1.33. The number of hydrogen-bond donors (Lipinski definition) is 1. The maximum atomic E-state index is 8.90. The summed E-state index contributed by atoms with van der Waals surface area (Å²) in [6, 6.07) is 0.597. The number of hydrogen-bond acceptors (Lipinski definition) is 5. The number of aliphatic hydroxyl groups is 1. The smallest absolute Gasteiger partial charge is 0.205 e. The van der Waals surface area contributed by atoms with Crippen molar-refractivity contribution in [3.8, 4) is 0 Å². The quantitative estimate of drug-likeness (QED) is 0.779. The van der Waals surface area contributed by atoms with Crippen LogP contribution in [0.25, 0.3) is 0 Å². The van der Waals surface area contributed by atoms with Gasteiger partial charge in [-0.1, -0.05) is 0 Å². The van der Waals surface area contributed by atoms with Gasteiger partial charge >= 0.3 is 0 Å². The Balaban J connectivity index is 2.10. The highest BCUT2D eigenvalue weighted by atomic mass is 32.1. The second kappa shape index (κ2) is 3.59. The van der Waals surface area contributed by atoms with E-state index in [1.807, 2.05) is 6.92 Å². The van der Waals surface area contributed by atoms with Crippen molar-refractivity contribution >= 4 is 16.7 Å². The highest BCUT2D eigenvalue weighted by Gasteiger charge is 2.30. The van der Waals surface area contributed by atoms with E-state index in [0.717, 1.165) is 11.0 Å². The molecule has 0 atom stereocenters. The maximum absolute atomic E-state index is 8.90. The van der Waals surface area contributed by atoms with Crippen LogP contribution < -0.4 is 4.90 Å². The van der Waals surface area contributed by atoms with Crippen molar-refractivity contribution < 1.29 is 5.11 Å². The minimum Gasteiger partial charge on any atom is -0.395 e. The van der Waals surface area contributed by atoms with Crippen molar-refractivity contribution in [3.05, 3.63) is 5.82 Å². The SMILES string of the molecule is Cc1nsc(N(CCO)C2CC2)n1. The summed E-state index contributed by atoms with van der Waals surface area (Å²) in [5.41, 5.74) is 0. The third-order valence-electron chi connectivity index (χ3n) is 2.09. The standard InChI is InChI=1S/C8H13N3OS/c1-6-9-8(13-10-6)11(4-5-12)7-2-3-7/h7,12H,2-5H2,1H3. The lowest BCUT2D eigenvalue weighted by Crippen LogP contribution is -2.28. The van der Waals surface area contributed by atoms with Crippen LogP contribution in [0.1, 0.15) is 18.7 Å². The molecule has 1 N–H and O–H groups in total. The fraction of sp³-hybridized carbons (Fsp3) is 0.750. The van der Waals surface area contributed by atoms with Crippen LogP contribution in [0.5, 0.6) is 0 Å². The van der Waals surface area contributed by atoms with Crippen LogP contribution in [0, 0.1) is 6.92 Å². The third kappa shape index (κ3) is 1.97. The van der Waals surface area contributed by atoms with E-state index in [-0.39, 0.29) is 6.61 Å². The van der Waals surface area contributed by atoms with E-state index in [0.29, 0.717) is 12.6 Å². The summed E-state index contributed by atoms with van der Waals surface area (Å²) in [5.74, 6) is 0.823. The average Bonchev–Trinajstić information content (AvgIpc) is 2.85. The number of aliphatic hydroxyl groups excluding tert-OH is 1. The molecule has 13 heavy (non-hydrogen) atoms. The Morgan fingerprint density at radius 2 is 2.38 bits per heavy atom. The van der Waals surface area contributed by atoms with Gasteiger partial charge in [0.15, 0.2) is 0 Å². The molecule has 2 rings (SSSR count). The summed E-state index contributed by atoms with van der Waals surface area (Å²) >= 11 is 1.42. The monoisotopic (exact) mass is 199 g/mol. The van der Waals surface area contributed by atoms with E-state index < -0.39 is 0 Å². The summed E-state index contributed by atoms with van der Waals surface area (Å²) in [6.45, 7) is 2.76. The molecule has 0 saturated heterocycles. The first-order chi connectivity index (χ1) is 6.31. The van der Waals surface area contributed by atoms with Gasteiger partial charge in [0.05, 0.1) is 6.61 Å². The molecule has 0 unspecified atom stereocenters. The summed E-state index contributed by atoms with van der Waals surface area (Å²) < 4.78 is 4.14. The first-order valence-electron chi connectivity index (χ1n) is 4.49. The highest BCUT2D eigenvalue weighted by molar-refractivity contribution is 7.09. The molecule has 5 heteroatoms. The van der Waals surface area contributed by atoms with Crippen LogP contribution in [0.2, 0.25) is 0 Å². The lowest BCUT2D eigenvalue weighted by atomic mass is 10.5. The van der Waals surface area contributed by atoms with Gasteiger partial charge in [-0.2, -0.15) is 4.37 Å². The summed E-state index contributed by atoms with van der Waals surface area (Å²) in [5, 5.41) is 9.85. The van der Waals surface area contributed by atoms with E-state index in [9.17, 15) is 0 Å². The maximum Gasteiger partial charge on any atom is 0.205 e. The van der Waals surface area contributed by atoms with Gasteiger partial charge in [-0.15, -0.1) is 0 Å². The second-order valence-electron chi connectivity index (χ2n) is 3.27. The van der Waals surface area contributed by atoms with Crippen molar-refractivity contribution in [2.24, 2.45) is 0 Å². The van der Waals surface area contributed by atoms with Crippen molar-refractivity contribution in [1.82, 2.24) is 9.36 Å². The molecule has 4 nitrogen and oxygen atoms in total. The van der Waals surface area contributed by atoms with E-state index in [4.69, 9.17) is 5.11 Å². The van der Waals surface area contributed by atoms with Gasteiger partial charge in [-0.05, 0) is 19.8 Å². The topological polar surface area (TPSA) is 49.2 Å². The molecule has 1 aromatic rings. The number of aromatic nitrogens is 2. The number of anilines is 1. The molecule has 1 aliphatic rings. The number of rotatable bonds is 4. The molecule has 0 aliphatic heterocycles. The van der Waals surface area contributed by atoms with E-state index >= 15 is 0 Å². The lowest BCUT2D eigenvalue weighted by molar-refractivity contribution is 0.301. The van der Waals surface area contributed by atoms with Crippen molar-refractivity contribution in [2.45, 2.75) is 25.8 Å². The van der Waals surface area contributed by atoms with Gasteiger partial charge < -0.3 is 10.0 Å². The zero-order valence-electron chi connectivity index (χ0n) is 7.60. The Labute approximate surface area is 81.4 Å². The Kier molecular flexibility index (Phi) is 2.46. The molecule has 0 spiro atoms. The van der Waals surface area contributed by atoms with E-state index in [1.54, 1.807) is 0 Å².